The second-order valence-electron chi connectivity index (χ2n) is 6.82. The maximum absolute atomic E-state index is 5.52. The summed E-state index contributed by atoms with van der Waals surface area (Å²) in [4.78, 5) is 9.34. The molecule has 2 aromatic rings. The summed E-state index contributed by atoms with van der Waals surface area (Å²) in [6.45, 7) is 4.90. The van der Waals surface area contributed by atoms with Crippen molar-refractivity contribution in [3.63, 3.8) is 0 Å². The van der Waals surface area contributed by atoms with Crippen LogP contribution in [0.1, 0.15) is 25.1 Å². The zero-order chi connectivity index (χ0) is 19.7. The lowest BCUT2D eigenvalue weighted by molar-refractivity contribution is 0.0455. The monoisotopic (exact) mass is 376 g/mol. The molecule has 28 heavy (non-hydrogen) atoms. The molecule has 0 amide bonds. The molecule has 0 saturated carbocycles. The van der Waals surface area contributed by atoms with Crippen LogP contribution in [0.4, 0.5) is 0 Å². The van der Waals surface area contributed by atoms with Crippen molar-refractivity contribution in [2.45, 2.75) is 26.4 Å². The molecule has 2 aliphatic heterocycles. The Kier molecular flexibility index (Phi) is 4.88. The van der Waals surface area contributed by atoms with E-state index < -0.39 is 0 Å². The smallest absolute Gasteiger partial charge is 0.161 e. The van der Waals surface area contributed by atoms with E-state index in [1.165, 1.54) is 0 Å². The number of aromatic nitrogens is 1. The summed E-state index contributed by atoms with van der Waals surface area (Å²) < 4.78 is 10.9. The number of benzene rings is 1. The Morgan fingerprint density at radius 1 is 1.07 bits per heavy atom. The first kappa shape index (κ1) is 18.3. The topological polar surface area (TPSA) is 50.2 Å². The highest BCUT2D eigenvalue weighted by molar-refractivity contribution is 5.95. The molecule has 6 heteroatoms. The molecule has 1 unspecified atom stereocenters. The molecular formula is C22H24N4O2. The number of methoxy groups -OCH3 is 2. The van der Waals surface area contributed by atoms with Gasteiger partial charge in [-0.15, -0.1) is 0 Å². The molecule has 3 heterocycles. The summed E-state index contributed by atoms with van der Waals surface area (Å²) in [6, 6.07) is 12.1. The van der Waals surface area contributed by atoms with E-state index in [2.05, 4.69) is 34.2 Å². The third-order valence-corrected chi connectivity index (χ3v) is 5.08. The van der Waals surface area contributed by atoms with Gasteiger partial charge in [0.1, 0.15) is 0 Å². The number of fused-ring (bicyclic) bond motifs is 1. The zero-order valence-electron chi connectivity index (χ0n) is 16.6. The normalized spacial score (nSPS) is 18.9. The van der Waals surface area contributed by atoms with Gasteiger partial charge in [0.25, 0.3) is 0 Å². The van der Waals surface area contributed by atoms with Gasteiger partial charge >= 0.3 is 0 Å². The number of hydrogen-bond donors (Lipinski definition) is 0. The Balaban J connectivity index is 1.77. The Hall–Kier alpha value is -3.12. The first-order valence-electron chi connectivity index (χ1n) is 9.28. The highest BCUT2D eigenvalue weighted by Crippen LogP contribution is 2.41. The van der Waals surface area contributed by atoms with E-state index >= 15 is 0 Å². The molecule has 1 aromatic heterocycles. The average molecular weight is 376 g/mol. The van der Waals surface area contributed by atoms with Gasteiger partial charge in [0, 0.05) is 23.7 Å². The molecule has 1 aromatic carbocycles. The summed E-state index contributed by atoms with van der Waals surface area (Å²) in [7, 11) is 3.30. The van der Waals surface area contributed by atoms with E-state index in [1.807, 2.05) is 49.5 Å². The second-order valence-corrected chi connectivity index (χ2v) is 6.82. The summed E-state index contributed by atoms with van der Waals surface area (Å²) in [5.41, 5.74) is 4.22. The van der Waals surface area contributed by atoms with Gasteiger partial charge in [-0.25, -0.2) is 10.0 Å². The molecule has 0 aliphatic carbocycles. The number of rotatable bonds is 5. The predicted molar refractivity (Wildman–Crippen MR) is 110 cm³/mol. The Labute approximate surface area is 165 Å². The molecule has 4 rings (SSSR count). The van der Waals surface area contributed by atoms with Gasteiger partial charge < -0.3 is 9.47 Å². The molecule has 2 aliphatic rings. The molecule has 144 valence electrons. The zero-order valence-corrected chi connectivity index (χ0v) is 16.6. The summed E-state index contributed by atoms with van der Waals surface area (Å²) in [5, 5.41) is 4.40. The number of nitrogens with zero attached hydrogens (tertiary/aromatic N) is 4. The van der Waals surface area contributed by atoms with Crippen molar-refractivity contribution in [1.82, 2.24) is 15.0 Å². The van der Waals surface area contributed by atoms with E-state index in [0.29, 0.717) is 18.0 Å². The minimum atomic E-state index is 0.120. The van der Waals surface area contributed by atoms with E-state index in [0.717, 1.165) is 28.4 Å². The van der Waals surface area contributed by atoms with Gasteiger partial charge in [-0.05, 0) is 49.8 Å². The second kappa shape index (κ2) is 7.48. The number of hydrazine groups is 1. The fourth-order valence-corrected chi connectivity index (χ4v) is 3.66. The van der Waals surface area contributed by atoms with E-state index in [4.69, 9.17) is 14.5 Å². The van der Waals surface area contributed by atoms with E-state index in [-0.39, 0.29) is 6.04 Å². The Morgan fingerprint density at radius 2 is 1.89 bits per heavy atom. The molecule has 0 N–H and O–H groups in total. The van der Waals surface area contributed by atoms with Crippen molar-refractivity contribution in [2.75, 3.05) is 14.2 Å². The van der Waals surface area contributed by atoms with Crippen molar-refractivity contribution in [1.29, 1.82) is 0 Å². The van der Waals surface area contributed by atoms with E-state index in [1.54, 1.807) is 14.2 Å². The van der Waals surface area contributed by atoms with Gasteiger partial charge in [-0.2, -0.15) is 0 Å². The molecule has 1 atom stereocenters. The first-order chi connectivity index (χ1) is 13.6. The third-order valence-electron chi connectivity index (χ3n) is 5.08. The molecule has 0 radical (unpaired) electrons. The summed E-state index contributed by atoms with van der Waals surface area (Å²) in [5.74, 6) is 2.37. The quantitative estimate of drug-likeness (QED) is 0.793. The predicted octanol–water partition coefficient (Wildman–Crippen LogP) is 3.88. The molecule has 0 bridgehead atoms. The summed E-state index contributed by atoms with van der Waals surface area (Å²) in [6.07, 6.45) is 5.93. The van der Waals surface area contributed by atoms with Gasteiger partial charge in [0.15, 0.2) is 17.3 Å². The van der Waals surface area contributed by atoms with Gasteiger partial charge in [-0.1, -0.05) is 12.1 Å². The number of pyridine rings is 1. The number of aliphatic imine (C=N–C) groups is 1. The van der Waals surface area contributed by atoms with Crippen LogP contribution in [0.3, 0.4) is 0 Å². The van der Waals surface area contributed by atoms with Crippen LogP contribution >= 0.6 is 0 Å². The fourth-order valence-electron chi connectivity index (χ4n) is 3.66. The number of ether oxygens (including phenoxy) is 2. The van der Waals surface area contributed by atoms with Crippen LogP contribution in [0, 0.1) is 0 Å². The van der Waals surface area contributed by atoms with Crippen molar-refractivity contribution in [3.8, 4) is 11.5 Å². The van der Waals surface area contributed by atoms with Crippen molar-refractivity contribution in [3.05, 3.63) is 71.9 Å². The molecular weight excluding hydrogens is 352 g/mol. The summed E-state index contributed by atoms with van der Waals surface area (Å²) >= 11 is 0. The van der Waals surface area contributed by atoms with Crippen LogP contribution in [0.25, 0.3) is 5.57 Å². The average Bonchev–Trinajstić information content (AvgIpc) is 2.99. The largest absolute Gasteiger partial charge is 0.493 e. The SMILES string of the molecule is COc1ccc(C2=C3N=C(C)C=CN3N(Cc3ccccn3)C2C)cc1OC. The van der Waals surface area contributed by atoms with Crippen molar-refractivity contribution in [2.24, 2.45) is 4.99 Å². The van der Waals surface area contributed by atoms with Crippen LogP contribution < -0.4 is 9.47 Å². The molecule has 0 saturated heterocycles. The number of hydrogen-bond acceptors (Lipinski definition) is 6. The van der Waals surface area contributed by atoms with Crippen LogP contribution in [0.15, 0.2) is 65.7 Å². The van der Waals surface area contributed by atoms with E-state index in [9.17, 15) is 0 Å². The fraction of sp³-hybridized carbons (Fsp3) is 0.273. The number of allylic oxidation sites excluding steroid dienone is 1. The third kappa shape index (κ3) is 3.16. The molecule has 0 fully saturated rings. The molecule has 6 nitrogen and oxygen atoms in total. The van der Waals surface area contributed by atoms with Crippen LogP contribution in [-0.2, 0) is 6.54 Å². The van der Waals surface area contributed by atoms with Crippen molar-refractivity contribution >= 4 is 11.3 Å². The Morgan fingerprint density at radius 3 is 2.61 bits per heavy atom. The lowest BCUT2D eigenvalue weighted by Gasteiger charge is -2.32. The lowest BCUT2D eigenvalue weighted by atomic mass is 9.99. The lowest BCUT2D eigenvalue weighted by Crippen LogP contribution is -2.38. The molecule has 0 spiro atoms. The van der Waals surface area contributed by atoms with Gasteiger partial charge in [-0.3, -0.25) is 9.99 Å². The standard InChI is InChI=1S/C22H24N4O2/c1-15-10-12-25-22(24-15)21(17-8-9-19(27-3)20(13-17)28-4)16(2)26(25)14-18-7-5-6-11-23-18/h5-13,16H,14H2,1-4H3. The highest BCUT2D eigenvalue weighted by atomic mass is 16.5. The van der Waals surface area contributed by atoms with Crippen LogP contribution in [-0.4, -0.2) is 41.0 Å². The first-order valence-corrected chi connectivity index (χ1v) is 9.28. The maximum atomic E-state index is 5.52. The Bertz CT molecular complexity index is 966. The maximum Gasteiger partial charge on any atom is 0.161 e. The highest BCUT2D eigenvalue weighted by Gasteiger charge is 2.37. The minimum Gasteiger partial charge on any atom is -0.493 e. The minimum absolute atomic E-state index is 0.120. The van der Waals surface area contributed by atoms with Gasteiger partial charge in [0.2, 0.25) is 0 Å². The van der Waals surface area contributed by atoms with Gasteiger partial charge in [0.05, 0.1) is 32.5 Å². The van der Waals surface area contributed by atoms with Crippen LogP contribution in [0.2, 0.25) is 0 Å². The van der Waals surface area contributed by atoms with Crippen molar-refractivity contribution < 1.29 is 9.47 Å². The van der Waals surface area contributed by atoms with Crippen LogP contribution in [0.5, 0.6) is 11.5 Å².